The highest BCUT2D eigenvalue weighted by atomic mass is 16.6. The number of furan rings is 1. The van der Waals surface area contributed by atoms with Crippen LogP contribution in [0.1, 0.15) is 41.4 Å². The average Bonchev–Trinajstić information content (AvgIpc) is 3.23. The van der Waals surface area contributed by atoms with E-state index >= 15 is 0 Å². The third-order valence-corrected chi connectivity index (χ3v) is 4.85. The standard InChI is InChI=1S/C24H27NO6/c1-14(2)16-8-7-15(3)19(11-16)31-22-10-9-18(30-22)24(26)25-23-20(28-5)12-17(27-4)13-21(23)29-6/h7-14H,1-6H3,(H,25,26). The highest BCUT2D eigenvalue weighted by Gasteiger charge is 2.19. The van der Waals surface area contributed by atoms with Crippen LogP contribution in [0, 0.1) is 6.92 Å². The number of aryl methyl sites for hydroxylation is 1. The van der Waals surface area contributed by atoms with Crippen LogP contribution >= 0.6 is 0 Å². The maximum absolute atomic E-state index is 12.8. The SMILES string of the molecule is COc1cc(OC)c(NC(=O)c2ccc(Oc3cc(C(C)C)ccc3C)o2)c(OC)c1. The van der Waals surface area contributed by atoms with Crippen LogP contribution in [0.3, 0.4) is 0 Å². The maximum Gasteiger partial charge on any atom is 0.291 e. The van der Waals surface area contributed by atoms with Crippen LogP contribution < -0.4 is 24.3 Å². The van der Waals surface area contributed by atoms with Crippen LogP contribution in [0.4, 0.5) is 5.69 Å². The predicted octanol–water partition coefficient (Wildman–Crippen LogP) is 5.78. The van der Waals surface area contributed by atoms with Gasteiger partial charge in [0.2, 0.25) is 0 Å². The summed E-state index contributed by atoms with van der Waals surface area (Å²) in [5, 5.41) is 2.77. The summed E-state index contributed by atoms with van der Waals surface area (Å²) in [6, 6.07) is 12.5. The Morgan fingerprint density at radius 2 is 1.58 bits per heavy atom. The molecular formula is C24H27NO6. The monoisotopic (exact) mass is 425 g/mol. The lowest BCUT2D eigenvalue weighted by atomic mass is 10.0. The third-order valence-electron chi connectivity index (χ3n) is 4.85. The summed E-state index contributed by atoms with van der Waals surface area (Å²) in [6.45, 7) is 6.19. The molecule has 0 aliphatic carbocycles. The minimum atomic E-state index is -0.468. The highest BCUT2D eigenvalue weighted by molar-refractivity contribution is 6.04. The van der Waals surface area contributed by atoms with Gasteiger partial charge in [-0.05, 0) is 36.1 Å². The highest BCUT2D eigenvalue weighted by Crippen LogP contribution is 2.39. The van der Waals surface area contributed by atoms with Crippen molar-refractivity contribution < 1.29 is 28.2 Å². The molecule has 1 heterocycles. The summed E-state index contributed by atoms with van der Waals surface area (Å²) < 4.78 is 27.5. The lowest BCUT2D eigenvalue weighted by Crippen LogP contribution is -2.13. The zero-order chi connectivity index (χ0) is 22.5. The second kappa shape index (κ2) is 9.47. The molecule has 3 aromatic rings. The fourth-order valence-electron chi connectivity index (χ4n) is 3.00. The number of hydrogen-bond acceptors (Lipinski definition) is 6. The van der Waals surface area contributed by atoms with Crippen molar-refractivity contribution in [2.24, 2.45) is 0 Å². The molecule has 0 fully saturated rings. The van der Waals surface area contributed by atoms with E-state index in [0.717, 1.165) is 11.1 Å². The van der Waals surface area contributed by atoms with Crippen molar-refractivity contribution in [1.29, 1.82) is 0 Å². The van der Waals surface area contributed by atoms with E-state index < -0.39 is 5.91 Å². The minimum Gasteiger partial charge on any atom is -0.496 e. The summed E-state index contributed by atoms with van der Waals surface area (Å²) in [4.78, 5) is 12.8. The van der Waals surface area contributed by atoms with Gasteiger partial charge in [-0.25, -0.2) is 0 Å². The normalized spacial score (nSPS) is 10.7. The van der Waals surface area contributed by atoms with E-state index in [2.05, 4.69) is 25.2 Å². The van der Waals surface area contributed by atoms with Crippen LogP contribution in [0.25, 0.3) is 0 Å². The zero-order valence-corrected chi connectivity index (χ0v) is 18.6. The summed E-state index contributed by atoms with van der Waals surface area (Å²) in [7, 11) is 4.53. The van der Waals surface area contributed by atoms with Crippen molar-refractivity contribution in [2.75, 3.05) is 26.6 Å². The first-order chi connectivity index (χ1) is 14.9. The van der Waals surface area contributed by atoms with Gasteiger partial charge in [0.25, 0.3) is 11.9 Å². The molecule has 7 heteroatoms. The first kappa shape index (κ1) is 22.1. The number of nitrogens with one attached hydrogen (secondary N) is 1. The molecule has 1 amide bonds. The molecule has 1 aromatic heterocycles. The molecule has 0 spiro atoms. The molecule has 3 rings (SSSR count). The molecule has 2 aromatic carbocycles. The number of benzene rings is 2. The van der Waals surface area contributed by atoms with Crippen molar-refractivity contribution >= 4 is 11.6 Å². The Balaban J connectivity index is 1.81. The summed E-state index contributed by atoms with van der Waals surface area (Å²) in [5.74, 6) is 2.24. The summed E-state index contributed by atoms with van der Waals surface area (Å²) in [5.41, 5.74) is 2.50. The van der Waals surface area contributed by atoms with Crippen molar-refractivity contribution in [2.45, 2.75) is 26.7 Å². The van der Waals surface area contributed by atoms with Gasteiger partial charge in [-0.2, -0.15) is 0 Å². The zero-order valence-electron chi connectivity index (χ0n) is 18.6. The van der Waals surface area contributed by atoms with E-state index in [-0.39, 0.29) is 11.7 Å². The molecule has 7 nitrogen and oxygen atoms in total. The molecule has 31 heavy (non-hydrogen) atoms. The van der Waals surface area contributed by atoms with Crippen LogP contribution in [-0.4, -0.2) is 27.2 Å². The lowest BCUT2D eigenvalue weighted by molar-refractivity contribution is 0.0991. The second-order valence-corrected chi connectivity index (χ2v) is 7.26. The molecule has 0 unspecified atom stereocenters. The molecule has 0 atom stereocenters. The van der Waals surface area contributed by atoms with Crippen molar-refractivity contribution in [1.82, 2.24) is 0 Å². The molecule has 0 bridgehead atoms. The van der Waals surface area contributed by atoms with E-state index in [9.17, 15) is 4.79 Å². The lowest BCUT2D eigenvalue weighted by Gasteiger charge is -2.15. The first-order valence-electron chi connectivity index (χ1n) is 9.85. The Kier molecular flexibility index (Phi) is 6.74. The molecule has 0 aliphatic heterocycles. The van der Waals surface area contributed by atoms with Gasteiger partial charge < -0.3 is 28.7 Å². The average molecular weight is 425 g/mol. The summed E-state index contributed by atoms with van der Waals surface area (Å²) >= 11 is 0. The molecule has 0 saturated carbocycles. The number of carbonyl (C=O) groups is 1. The minimum absolute atomic E-state index is 0.0904. The van der Waals surface area contributed by atoms with Gasteiger partial charge in [-0.15, -0.1) is 0 Å². The van der Waals surface area contributed by atoms with E-state index in [0.29, 0.717) is 34.6 Å². The second-order valence-electron chi connectivity index (χ2n) is 7.26. The van der Waals surface area contributed by atoms with Gasteiger partial charge in [0.05, 0.1) is 21.3 Å². The number of carbonyl (C=O) groups excluding carboxylic acids is 1. The Hall–Kier alpha value is -3.61. The van der Waals surface area contributed by atoms with E-state index in [1.807, 2.05) is 19.1 Å². The van der Waals surface area contributed by atoms with Crippen LogP contribution in [0.2, 0.25) is 0 Å². The number of ether oxygens (including phenoxy) is 4. The van der Waals surface area contributed by atoms with Gasteiger partial charge in [0.15, 0.2) is 5.76 Å². The number of methoxy groups -OCH3 is 3. The first-order valence-corrected chi connectivity index (χ1v) is 9.85. The van der Waals surface area contributed by atoms with Crippen molar-refractivity contribution in [3.63, 3.8) is 0 Å². The molecule has 1 N–H and O–H groups in total. The largest absolute Gasteiger partial charge is 0.496 e. The van der Waals surface area contributed by atoms with Gasteiger partial charge in [0, 0.05) is 18.2 Å². The number of anilines is 1. The predicted molar refractivity (Wildman–Crippen MR) is 118 cm³/mol. The van der Waals surface area contributed by atoms with Crippen LogP contribution in [-0.2, 0) is 0 Å². The number of amides is 1. The van der Waals surface area contributed by atoms with E-state index in [1.54, 1.807) is 24.3 Å². The van der Waals surface area contributed by atoms with Crippen LogP contribution in [0.5, 0.6) is 28.9 Å². The van der Waals surface area contributed by atoms with Gasteiger partial charge in [-0.3, -0.25) is 4.79 Å². The molecule has 0 radical (unpaired) electrons. The third kappa shape index (κ3) is 4.94. The fourth-order valence-corrected chi connectivity index (χ4v) is 3.00. The Morgan fingerprint density at radius 3 is 2.16 bits per heavy atom. The quantitative estimate of drug-likeness (QED) is 0.493. The fraction of sp³-hybridized carbons (Fsp3) is 0.292. The molecular weight excluding hydrogens is 398 g/mol. The topological polar surface area (TPSA) is 79.2 Å². The molecule has 0 saturated heterocycles. The molecule has 0 aliphatic rings. The number of rotatable bonds is 8. The van der Waals surface area contributed by atoms with Gasteiger partial charge in [0.1, 0.15) is 28.7 Å². The maximum atomic E-state index is 12.8. The van der Waals surface area contributed by atoms with Crippen molar-refractivity contribution in [3.8, 4) is 28.9 Å². The number of hydrogen-bond donors (Lipinski definition) is 1. The van der Waals surface area contributed by atoms with Gasteiger partial charge in [-0.1, -0.05) is 26.0 Å². The van der Waals surface area contributed by atoms with Crippen molar-refractivity contribution in [3.05, 3.63) is 59.4 Å². The van der Waals surface area contributed by atoms with E-state index in [4.69, 9.17) is 23.4 Å². The van der Waals surface area contributed by atoms with E-state index in [1.165, 1.54) is 21.3 Å². The molecule has 164 valence electrons. The summed E-state index contributed by atoms with van der Waals surface area (Å²) in [6.07, 6.45) is 0. The smallest absolute Gasteiger partial charge is 0.291 e. The Morgan fingerprint density at radius 1 is 0.903 bits per heavy atom. The Bertz CT molecular complexity index is 1040. The van der Waals surface area contributed by atoms with Crippen LogP contribution in [0.15, 0.2) is 46.9 Å². The van der Waals surface area contributed by atoms with Gasteiger partial charge >= 0.3 is 0 Å². The Labute approximate surface area is 181 Å².